The molecule has 1 atom stereocenters. The molecule has 41 heavy (non-hydrogen) atoms. The minimum atomic E-state index is -4.83. The van der Waals surface area contributed by atoms with Crippen molar-refractivity contribution in [3.05, 3.63) is 58.1 Å². The van der Waals surface area contributed by atoms with Crippen molar-refractivity contribution in [1.29, 1.82) is 0 Å². The number of phosphoric acid groups is 1. The smallest absolute Gasteiger partial charge is 0.471 e. The molecule has 2 aromatic carbocycles. The van der Waals surface area contributed by atoms with Crippen molar-refractivity contribution in [3.8, 4) is 11.5 Å². The van der Waals surface area contributed by atoms with E-state index < -0.39 is 68.5 Å². The molecular formula is C25H27Cl2F2N2O9P. The van der Waals surface area contributed by atoms with Crippen molar-refractivity contribution in [1.82, 2.24) is 10.6 Å². The first-order chi connectivity index (χ1) is 19.3. The Hall–Kier alpha value is -2.51. The van der Waals surface area contributed by atoms with Gasteiger partial charge in [0.15, 0.2) is 20.0 Å². The van der Waals surface area contributed by atoms with Crippen LogP contribution in [-0.4, -0.2) is 58.8 Å². The van der Waals surface area contributed by atoms with E-state index in [0.717, 1.165) is 12.1 Å². The van der Waals surface area contributed by atoms with Crippen molar-refractivity contribution >= 4 is 42.8 Å². The minimum absolute atomic E-state index is 0.0834. The molecule has 0 heterocycles. The first kappa shape index (κ1) is 31.4. The van der Waals surface area contributed by atoms with Gasteiger partial charge in [0.05, 0.1) is 21.7 Å². The average Bonchev–Trinajstić information content (AvgIpc) is 2.90. The van der Waals surface area contributed by atoms with Gasteiger partial charge in [-0.1, -0.05) is 23.2 Å². The normalized spacial score (nSPS) is 23.6. The number of hydrogen-bond acceptors (Lipinski definition) is 7. The predicted molar refractivity (Wildman–Crippen MR) is 142 cm³/mol. The fraction of sp³-hybridized carbons (Fsp3) is 0.440. The van der Waals surface area contributed by atoms with E-state index in [2.05, 4.69) is 15.2 Å². The highest BCUT2D eigenvalue weighted by atomic mass is 35.5. The lowest BCUT2D eigenvalue weighted by molar-refractivity contribution is -0.154. The van der Waals surface area contributed by atoms with Crippen LogP contribution >= 0.6 is 31.0 Å². The SMILES string of the molecule is O=C(COc1ccc(Cl)c(F)c1)NC12CCC(NC(=O)COc3ccc(Cl)c(F)c3)(CC1)[C@H](OCOP(=O)(O)O)C2. The van der Waals surface area contributed by atoms with Crippen LogP contribution in [0.2, 0.25) is 10.0 Å². The lowest BCUT2D eigenvalue weighted by Gasteiger charge is -2.57. The van der Waals surface area contributed by atoms with Gasteiger partial charge in [-0.05, 0) is 56.4 Å². The number of phosphoric ester groups is 1. The summed E-state index contributed by atoms with van der Waals surface area (Å²) >= 11 is 11.3. The molecule has 0 radical (unpaired) electrons. The molecule has 2 bridgehead atoms. The van der Waals surface area contributed by atoms with E-state index in [1.165, 1.54) is 24.3 Å². The first-order valence-electron chi connectivity index (χ1n) is 12.4. The third-order valence-corrected chi connectivity index (χ3v) is 8.15. The van der Waals surface area contributed by atoms with Gasteiger partial charge >= 0.3 is 7.82 Å². The van der Waals surface area contributed by atoms with Gasteiger partial charge in [-0.2, -0.15) is 0 Å². The number of carbonyl (C=O) groups is 2. The topological polar surface area (TPSA) is 153 Å². The zero-order chi connectivity index (χ0) is 29.8. The van der Waals surface area contributed by atoms with Crippen molar-refractivity contribution < 1.29 is 51.5 Å². The van der Waals surface area contributed by atoms with Gasteiger partial charge in [0.1, 0.15) is 23.1 Å². The van der Waals surface area contributed by atoms with Crippen LogP contribution in [0.5, 0.6) is 11.5 Å². The Kier molecular flexibility index (Phi) is 9.80. The molecule has 3 fully saturated rings. The van der Waals surface area contributed by atoms with Crippen LogP contribution in [0.1, 0.15) is 32.1 Å². The van der Waals surface area contributed by atoms with Crippen molar-refractivity contribution in [3.63, 3.8) is 0 Å². The molecule has 3 aliphatic rings. The molecule has 0 aromatic heterocycles. The van der Waals surface area contributed by atoms with Crippen LogP contribution in [0, 0.1) is 11.6 Å². The fourth-order valence-corrected chi connectivity index (χ4v) is 5.54. The monoisotopic (exact) mass is 638 g/mol. The van der Waals surface area contributed by atoms with E-state index in [1.807, 2.05) is 0 Å². The molecule has 3 saturated carbocycles. The molecule has 16 heteroatoms. The van der Waals surface area contributed by atoms with Crippen LogP contribution in [0.25, 0.3) is 0 Å². The molecule has 5 rings (SSSR count). The molecule has 0 saturated heterocycles. The maximum atomic E-state index is 13.7. The fourth-order valence-electron chi connectivity index (χ4n) is 5.11. The first-order valence-corrected chi connectivity index (χ1v) is 14.7. The molecule has 2 amide bonds. The Morgan fingerprint density at radius 2 is 1.41 bits per heavy atom. The lowest BCUT2D eigenvalue weighted by Crippen LogP contribution is -2.71. The minimum Gasteiger partial charge on any atom is -0.484 e. The van der Waals surface area contributed by atoms with Gasteiger partial charge < -0.3 is 34.6 Å². The number of rotatable bonds is 12. The summed E-state index contributed by atoms with van der Waals surface area (Å²) < 4.78 is 59.4. The number of ether oxygens (including phenoxy) is 3. The van der Waals surface area contributed by atoms with Crippen molar-refractivity contribution in [2.45, 2.75) is 49.3 Å². The number of nitrogens with one attached hydrogen (secondary N) is 2. The van der Waals surface area contributed by atoms with E-state index >= 15 is 0 Å². The van der Waals surface area contributed by atoms with Gasteiger partial charge in [-0.25, -0.2) is 13.3 Å². The molecule has 224 valence electrons. The highest BCUT2D eigenvalue weighted by Gasteiger charge is 2.56. The molecular weight excluding hydrogens is 612 g/mol. The lowest BCUT2D eigenvalue weighted by atomic mass is 9.59. The van der Waals surface area contributed by atoms with Gasteiger partial charge in [-0.15, -0.1) is 0 Å². The summed E-state index contributed by atoms with van der Waals surface area (Å²) in [4.78, 5) is 43.7. The van der Waals surface area contributed by atoms with E-state index in [4.69, 9.17) is 47.2 Å². The van der Waals surface area contributed by atoms with Gasteiger partial charge in [0, 0.05) is 17.7 Å². The standard InChI is InChI=1S/C25H27Cl2F2N2O9P/c26-17-3-1-15(9-19(17)28)37-12-22(32)30-24-5-7-25(8-6-24,21(11-24)39-14-40-41(34,35)36)31-23(33)13-38-16-2-4-18(27)20(29)10-16/h1-4,9-10,21H,5-8,11-14H2,(H,30,32)(H,31,33)(H2,34,35,36)/t21-,24?,25?/m1/s1. The average molecular weight is 639 g/mol. The zero-order valence-corrected chi connectivity index (χ0v) is 23.8. The molecule has 0 unspecified atom stereocenters. The van der Waals surface area contributed by atoms with Crippen LogP contribution in [0.15, 0.2) is 36.4 Å². The van der Waals surface area contributed by atoms with Crippen LogP contribution in [0.4, 0.5) is 8.78 Å². The summed E-state index contributed by atoms with van der Waals surface area (Å²) in [5.41, 5.74) is -1.71. The highest BCUT2D eigenvalue weighted by molar-refractivity contribution is 7.46. The molecule has 0 spiro atoms. The summed E-state index contributed by atoms with van der Waals surface area (Å²) in [5.74, 6) is -2.19. The second-order valence-corrected chi connectivity index (χ2v) is 11.9. The second kappa shape index (κ2) is 12.8. The Balaban J connectivity index is 1.39. The molecule has 4 N–H and O–H groups in total. The second-order valence-electron chi connectivity index (χ2n) is 9.86. The van der Waals surface area contributed by atoms with E-state index in [0.29, 0.717) is 25.7 Å². The number of carbonyl (C=O) groups excluding carboxylic acids is 2. The summed E-state index contributed by atoms with van der Waals surface area (Å²) in [6.45, 7) is -1.61. The van der Waals surface area contributed by atoms with E-state index in [9.17, 15) is 22.9 Å². The number of fused-ring (bicyclic) bond motifs is 3. The van der Waals surface area contributed by atoms with Crippen LogP contribution in [-0.2, 0) is 23.4 Å². The van der Waals surface area contributed by atoms with Gasteiger partial charge in [0.2, 0.25) is 0 Å². The third kappa shape index (κ3) is 8.29. The number of benzene rings is 2. The third-order valence-electron chi connectivity index (χ3n) is 7.10. The quantitative estimate of drug-likeness (QED) is 0.200. The summed E-state index contributed by atoms with van der Waals surface area (Å²) in [6.07, 6.45) is 0.952. The van der Waals surface area contributed by atoms with Gasteiger partial charge in [0.25, 0.3) is 11.8 Å². The van der Waals surface area contributed by atoms with Gasteiger partial charge in [-0.3, -0.25) is 14.1 Å². The highest BCUT2D eigenvalue weighted by Crippen LogP contribution is 2.48. The molecule has 2 aromatic rings. The number of halogens is 4. The Morgan fingerprint density at radius 1 is 0.902 bits per heavy atom. The Labute approximate surface area is 243 Å². The maximum Gasteiger partial charge on any atom is 0.471 e. The van der Waals surface area contributed by atoms with Crippen molar-refractivity contribution in [2.75, 3.05) is 20.0 Å². The Bertz CT molecular complexity index is 1340. The summed E-state index contributed by atoms with van der Waals surface area (Å²) in [6, 6.07) is 7.54. The predicted octanol–water partition coefficient (Wildman–Crippen LogP) is 3.87. The van der Waals surface area contributed by atoms with E-state index in [-0.39, 0.29) is 28.0 Å². The Morgan fingerprint density at radius 3 is 1.90 bits per heavy atom. The van der Waals surface area contributed by atoms with Crippen LogP contribution < -0.4 is 20.1 Å². The number of hydrogen-bond donors (Lipinski definition) is 4. The summed E-state index contributed by atoms with van der Waals surface area (Å²) in [5, 5.41) is 5.66. The van der Waals surface area contributed by atoms with E-state index in [1.54, 1.807) is 0 Å². The van der Waals surface area contributed by atoms with Crippen LogP contribution in [0.3, 0.4) is 0 Å². The summed E-state index contributed by atoms with van der Waals surface area (Å²) in [7, 11) is -4.83. The number of amides is 2. The largest absolute Gasteiger partial charge is 0.484 e. The zero-order valence-electron chi connectivity index (χ0n) is 21.4. The maximum absolute atomic E-state index is 13.7. The molecule has 11 nitrogen and oxygen atoms in total. The molecule has 3 aliphatic carbocycles. The molecule has 0 aliphatic heterocycles. The van der Waals surface area contributed by atoms with Crippen molar-refractivity contribution in [2.24, 2.45) is 0 Å².